The van der Waals surface area contributed by atoms with Gasteiger partial charge in [0.1, 0.15) is 11.5 Å². The molecule has 0 heterocycles. The van der Waals surface area contributed by atoms with Crippen molar-refractivity contribution in [1.82, 2.24) is 0 Å². The minimum atomic E-state index is 0.0645. The molecule has 5 heteroatoms. The molecule has 34 heavy (non-hydrogen) atoms. The van der Waals surface area contributed by atoms with E-state index in [4.69, 9.17) is 4.74 Å². The zero-order chi connectivity index (χ0) is 24.6. The van der Waals surface area contributed by atoms with Crippen molar-refractivity contribution in [2.75, 3.05) is 4.90 Å². The molecule has 0 radical (unpaired) electrons. The first-order chi connectivity index (χ1) is 16.2. The Labute approximate surface area is 200 Å². The average Bonchev–Trinajstić information content (AvgIpc) is 2.78. The van der Waals surface area contributed by atoms with E-state index in [1.165, 1.54) is 0 Å². The van der Waals surface area contributed by atoms with Crippen LogP contribution in [0.4, 0.5) is 17.1 Å². The summed E-state index contributed by atoms with van der Waals surface area (Å²) < 4.78 is 6.22. The van der Waals surface area contributed by atoms with Gasteiger partial charge in [-0.1, -0.05) is 18.2 Å². The lowest BCUT2D eigenvalue weighted by atomic mass is 10.0. The monoisotopic (exact) mass is 455 g/mol. The second kappa shape index (κ2) is 9.02. The molecule has 4 rings (SSSR count). The van der Waals surface area contributed by atoms with Crippen LogP contribution >= 0.6 is 0 Å². The van der Waals surface area contributed by atoms with Gasteiger partial charge in [-0.2, -0.15) is 0 Å². The fourth-order valence-corrected chi connectivity index (χ4v) is 4.00. The van der Waals surface area contributed by atoms with Crippen LogP contribution in [-0.4, -0.2) is 15.3 Å². The van der Waals surface area contributed by atoms with Gasteiger partial charge in [-0.15, -0.1) is 0 Å². The topological polar surface area (TPSA) is 73.2 Å². The first-order valence-electron chi connectivity index (χ1n) is 11.1. The molecule has 0 aliphatic rings. The third-order valence-corrected chi connectivity index (χ3v) is 5.95. The highest BCUT2D eigenvalue weighted by atomic mass is 16.5. The number of hydrogen-bond acceptors (Lipinski definition) is 5. The Bertz CT molecular complexity index is 1320. The number of aromatic hydroxyl groups is 3. The van der Waals surface area contributed by atoms with E-state index >= 15 is 0 Å². The molecule has 0 bridgehead atoms. The number of phenols is 3. The normalized spacial score (nSPS) is 10.9. The second-order valence-corrected chi connectivity index (χ2v) is 8.73. The average molecular weight is 456 g/mol. The summed E-state index contributed by atoms with van der Waals surface area (Å²) >= 11 is 0. The van der Waals surface area contributed by atoms with Crippen molar-refractivity contribution in [3.8, 4) is 28.7 Å². The smallest absolute Gasteiger partial charge is 0.169 e. The lowest BCUT2D eigenvalue weighted by molar-refractivity contribution is 0.411. The first-order valence-corrected chi connectivity index (χ1v) is 11.1. The van der Waals surface area contributed by atoms with Gasteiger partial charge < -0.3 is 25.0 Å². The van der Waals surface area contributed by atoms with E-state index in [1.807, 2.05) is 77.1 Å². The zero-order valence-corrected chi connectivity index (χ0v) is 20.0. The van der Waals surface area contributed by atoms with Gasteiger partial charge in [0.15, 0.2) is 17.2 Å². The van der Waals surface area contributed by atoms with Crippen LogP contribution in [0.2, 0.25) is 0 Å². The number of benzene rings is 4. The van der Waals surface area contributed by atoms with Crippen molar-refractivity contribution in [2.24, 2.45) is 0 Å². The molecule has 0 spiro atoms. The Morgan fingerprint density at radius 2 is 1.09 bits per heavy atom. The molecule has 0 aliphatic heterocycles. The maximum absolute atomic E-state index is 10.4. The Balaban J connectivity index is 1.96. The number of hydrogen-bond donors (Lipinski definition) is 3. The number of phenolic OH excluding ortho intramolecular Hbond substituents is 3. The zero-order valence-electron chi connectivity index (χ0n) is 20.0. The van der Waals surface area contributed by atoms with Crippen LogP contribution in [0.25, 0.3) is 0 Å². The fourth-order valence-electron chi connectivity index (χ4n) is 4.00. The lowest BCUT2D eigenvalue weighted by Gasteiger charge is -2.30. The van der Waals surface area contributed by atoms with Gasteiger partial charge in [-0.25, -0.2) is 0 Å². The maximum atomic E-state index is 10.4. The summed E-state index contributed by atoms with van der Waals surface area (Å²) in [7, 11) is 0. The molecule has 0 aromatic heterocycles. The van der Waals surface area contributed by atoms with Crippen molar-refractivity contribution < 1.29 is 20.1 Å². The molecule has 3 N–H and O–H groups in total. The maximum Gasteiger partial charge on any atom is 0.169 e. The van der Waals surface area contributed by atoms with E-state index in [1.54, 1.807) is 24.3 Å². The molecule has 0 amide bonds. The number of rotatable bonds is 5. The van der Waals surface area contributed by atoms with E-state index in [-0.39, 0.29) is 17.2 Å². The first kappa shape index (κ1) is 23.1. The number of para-hydroxylation sites is 2. The predicted molar refractivity (Wildman–Crippen MR) is 136 cm³/mol. The quantitative estimate of drug-likeness (QED) is 0.289. The number of ether oxygens (including phenoxy) is 1. The Hall–Kier alpha value is -4.12. The van der Waals surface area contributed by atoms with Crippen LogP contribution in [0.3, 0.4) is 0 Å². The van der Waals surface area contributed by atoms with Crippen LogP contribution in [0.15, 0.2) is 66.7 Å². The standard InChI is InChI=1S/C29H29NO4/c1-17-10-11-29(27(33)12-17)34-28-9-7-6-8-22(28)30(23-13-20(4)25(31)15-18(23)2)24-14-21(5)26(32)16-19(24)3/h6-16,31-33H,1-5H3. The molecule has 174 valence electrons. The lowest BCUT2D eigenvalue weighted by Crippen LogP contribution is -2.14. The Morgan fingerprint density at radius 3 is 1.65 bits per heavy atom. The van der Waals surface area contributed by atoms with E-state index in [2.05, 4.69) is 4.90 Å². The molecular formula is C29H29NO4. The minimum Gasteiger partial charge on any atom is -0.508 e. The van der Waals surface area contributed by atoms with Crippen LogP contribution in [0.1, 0.15) is 27.8 Å². The van der Waals surface area contributed by atoms with Crippen molar-refractivity contribution in [1.29, 1.82) is 0 Å². The number of nitrogens with zero attached hydrogens (tertiary/aromatic N) is 1. The minimum absolute atomic E-state index is 0.0645. The summed E-state index contributed by atoms with van der Waals surface area (Å²) in [5.74, 6) is 1.43. The van der Waals surface area contributed by atoms with Crippen molar-refractivity contribution in [3.63, 3.8) is 0 Å². The summed E-state index contributed by atoms with van der Waals surface area (Å²) in [6.07, 6.45) is 0. The van der Waals surface area contributed by atoms with Crippen LogP contribution < -0.4 is 9.64 Å². The number of anilines is 3. The van der Waals surface area contributed by atoms with Gasteiger partial charge >= 0.3 is 0 Å². The van der Waals surface area contributed by atoms with E-state index in [0.717, 1.165) is 44.9 Å². The Morgan fingerprint density at radius 1 is 0.529 bits per heavy atom. The largest absolute Gasteiger partial charge is 0.508 e. The summed E-state index contributed by atoms with van der Waals surface area (Å²) in [4.78, 5) is 2.06. The molecule has 0 saturated heterocycles. The van der Waals surface area contributed by atoms with Crippen LogP contribution in [-0.2, 0) is 0 Å². The SMILES string of the molecule is Cc1ccc(Oc2ccccc2N(c2cc(C)c(O)cc2C)c2cc(C)c(O)cc2C)c(O)c1. The Kier molecular flexibility index (Phi) is 6.12. The third kappa shape index (κ3) is 4.37. The molecule has 0 atom stereocenters. The van der Waals surface area contributed by atoms with Gasteiger partial charge in [0, 0.05) is 11.4 Å². The van der Waals surface area contributed by atoms with Gasteiger partial charge in [-0.05, 0) is 111 Å². The van der Waals surface area contributed by atoms with Gasteiger partial charge in [0.05, 0.1) is 5.69 Å². The van der Waals surface area contributed by atoms with Crippen molar-refractivity contribution >= 4 is 17.1 Å². The van der Waals surface area contributed by atoms with Crippen molar-refractivity contribution in [3.05, 3.63) is 94.5 Å². The summed E-state index contributed by atoms with van der Waals surface area (Å²) in [6.45, 7) is 9.51. The van der Waals surface area contributed by atoms with E-state index < -0.39 is 0 Å². The highest BCUT2D eigenvalue weighted by Gasteiger charge is 2.22. The molecule has 0 fully saturated rings. The van der Waals surface area contributed by atoms with Crippen LogP contribution in [0.5, 0.6) is 28.7 Å². The molecular weight excluding hydrogens is 426 g/mol. The molecule has 0 unspecified atom stereocenters. The molecule has 0 saturated carbocycles. The molecule has 0 aliphatic carbocycles. The summed E-state index contributed by atoms with van der Waals surface area (Å²) in [6, 6.07) is 20.3. The predicted octanol–water partition coefficient (Wildman–Crippen LogP) is 7.61. The van der Waals surface area contributed by atoms with Gasteiger partial charge in [0.25, 0.3) is 0 Å². The molecule has 4 aromatic carbocycles. The fraction of sp³-hybridized carbons (Fsp3) is 0.172. The van der Waals surface area contributed by atoms with E-state index in [0.29, 0.717) is 11.5 Å². The number of aryl methyl sites for hydroxylation is 5. The summed E-state index contributed by atoms with van der Waals surface area (Å²) in [5, 5.41) is 31.0. The molecule has 5 nitrogen and oxygen atoms in total. The second-order valence-electron chi connectivity index (χ2n) is 8.73. The molecule has 4 aromatic rings. The van der Waals surface area contributed by atoms with Gasteiger partial charge in [0.2, 0.25) is 0 Å². The summed E-state index contributed by atoms with van der Waals surface area (Å²) in [5.41, 5.74) is 6.67. The van der Waals surface area contributed by atoms with Crippen molar-refractivity contribution in [2.45, 2.75) is 34.6 Å². The van der Waals surface area contributed by atoms with E-state index in [9.17, 15) is 15.3 Å². The highest BCUT2D eigenvalue weighted by Crippen LogP contribution is 2.46. The third-order valence-electron chi connectivity index (χ3n) is 5.95. The van der Waals surface area contributed by atoms with Crippen LogP contribution in [0, 0.1) is 34.6 Å². The highest BCUT2D eigenvalue weighted by molar-refractivity contribution is 5.84. The van der Waals surface area contributed by atoms with Gasteiger partial charge in [-0.3, -0.25) is 0 Å².